The van der Waals surface area contributed by atoms with E-state index in [0.29, 0.717) is 0 Å². The highest BCUT2D eigenvalue weighted by Crippen LogP contribution is 2.29. The summed E-state index contributed by atoms with van der Waals surface area (Å²) in [4.78, 5) is 5.84. The molecule has 3 rings (SSSR count). The second kappa shape index (κ2) is 4.88. The van der Waals surface area contributed by atoms with Crippen molar-refractivity contribution in [3.8, 4) is 0 Å². The Kier molecular flexibility index (Phi) is 3.09. The van der Waals surface area contributed by atoms with E-state index < -0.39 is 0 Å². The van der Waals surface area contributed by atoms with Crippen LogP contribution in [0.15, 0.2) is 54.0 Å². The number of hydrogen-bond acceptors (Lipinski definition) is 3. The Morgan fingerprint density at radius 1 is 1.11 bits per heavy atom. The van der Waals surface area contributed by atoms with Gasteiger partial charge in [-0.05, 0) is 24.6 Å². The number of para-hydroxylation sites is 1. The van der Waals surface area contributed by atoms with Crippen molar-refractivity contribution in [1.82, 2.24) is 10.3 Å². The van der Waals surface area contributed by atoms with Crippen LogP contribution < -0.4 is 5.32 Å². The van der Waals surface area contributed by atoms with Crippen LogP contribution >= 0.6 is 11.3 Å². The van der Waals surface area contributed by atoms with Gasteiger partial charge in [-0.2, -0.15) is 0 Å². The van der Waals surface area contributed by atoms with E-state index in [2.05, 4.69) is 52.1 Å². The molecule has 1 aromatic carbocycles. The topological polar surface area (TPSA) is 24.9 Å². The molecule has 0 saturated heterocycles. The van der Waals surface area contributed by atoms with Crippen LogP contribution in [0.3, 0.4) is 0 Å². The predicted molar refractivity (Wildman–Crippen MR) is 77.0 cm³/mol. The van der Waals surface area contributed by atoms with Crippen LogP contribution in [0, 0.1) is 0 Å². The molecule has 1 unspecified atom stereocenters. The summed E-state index contributed by atoms with van der Waals surface area (Å²) >= 11 is 1.77. The van der Waals surface area contributed by atoms with Gasteiger partial charge in [-0.25, -0.2) is 0 Å². The first-order chi connectivity index (χ1) is 8.90. The molecule has 0 radical (unpaired) electrons. The van der Waals surface area contributed by atoms with E-state index in [1.54, 1.807) is 11.3 Å². The lowest BCUT2D eigenvalue weighted by Gasteiger charge is -2.16. The van der Waals surface area contributed by atoms with Gasteiger partial charge in [-0.3, -0.25) is 4.98 Å². The molecule has 2 aromatic heterocycles. The Balaban J connectivity index is 2.18. The minimum Gasteiger partial charge on any atom is -0.309 e. The van der Waals surface area contributed by atoms with Gasteiger partial charge >= 0.3 is 0 Å². The van der Waals surface area contributed by atoms with Crippen molar-refractivity contribution in [2.45, 2.75) is 6.04 Å². The van der Waals surface area contributed by atoms with Crippen molar-refractivity contribution in [3.63, 3.8) is 0 Å². The Labute approximate surface area is 110 Å². The number of pyridine rings is 1. The summed E-state index contributed by atoms with van der Waals surface area (Å²) in [5.41, 5.74) is 2.31. The zero-order valence-electron chi connectivity index (χ0n) is 10.1. The zero-order valence-corrected chi connectivity index (χ0v) is 10.9. The van der Waals surface area contributed by atoms with Crippen LogP contribution in [0.1, 0.15) is 16.5 Å². The maximum atomic E-state index is 4.52. The van der Waals surface area contributed by atoms with Gasteiger partial charge in [0.25, 0.3) is 0 Å². The van der Waals surface area contributed by atoms with Crippen LogP contribution in [-0.2, 0) is 0 Å². The number of hydrogen-bond donors (Lipinski definition) is 1. The second-order valence-electron chi connectivity index (χ2n) is 4.16. The van der Waals surface area contributed by atoms with E-state index in [1.807, 2.05) is 19.3 Å². The highest BCUT2D eigenvalue weighted by molar-refractivity contribution is 7.10. The Morgan fingerprint density at radius 3 is 2.78 bits per heavy atom. The normalized spacial score (nSPS) is 12.7. The van der Waals surface area contributed by atoms with Crippen LogP contribution in [0.4, 0.5) is 0 Å². The summed E-state index contributed by atoms with van der Waals surface area (Å²) in [6.07, 6.45) is 1.85. The molecule has 0 aliphatic carbocycles. The Bertz CT molecular complexity index is 641. The van der Waals surface area contributed by atoms with Gasteiger partial charge in [0.05, 0.1) is 11.6 Å². The van der Waals surface area contributed by atoms with Crippen molar-refractivity contribution in [2.24, 2.45) is 0 Å². The summed E-state index contributed by atoms with van der Waals surface area (Å²) in [6, 6.07) is 14.9. The molecule has 0 bridgehead atoms. The molecule has 3 aromatic rings. The summed E-state index contributed by atoms with van der Waals surface area (Å²) < 4.78 is 0. The summed E-state index contributed by atoms with van der Waals surface area (Å²) in [5, 5.41) is 6.68. The van der Waals surface area contributed by atoms with E-state index in [4.69, 9.17) is 0 Å². The number of benzene rings is 1. The van der Waals surface area contributed by atoms with Gasteiger partial charge in [0.15, 0.2) is 0 Å². The van der Waals surface area contributed by atoms with Gasteiger partial charge in [0.1, 0.15) is 0 Å². The minimum absolute atomic E-state index is 0.212. The molecular formula is C15H14N2S. The largest absolute Gasteiger partial charge is 0.309 e. The average Bonchev–Trinajstić information content (AvgIpc) is 2.94. The fraction of sp³-hybridized carbons (Fsp3) is 0.133. The quantitative estimate of drug-likeness (QED) is 0.772. The van der Waals surface area contributed by atoms with Gasteiger partial charge < -0.3 is 5.32 Å². The monoisotopic (exact) mass is 254 g/mol. The number of nitrogens with one attached hydrogen (secondary N) is 1. The van der Waals surface area contributed by atoms with Gasteiger partial charge in [0, 0.05) is 22.0 Å². The molecular weight excluding hydrogens is 240 g/mol. The maximum absolute atomic E-state index is 4.52. The van der Waals surface area contributed by atoms with Crippen LogP contribution in [0.2, 0.25) is 0 Å². The molecule has 0 aliphatic rings. The molecule has 0 amide bonds. The number of thiophene rings is 1. The molecule has 1 atom stereocenters. The molecule has 18 heavy (non-hydrogen) atoms. The first-order valence-electron chi connectivity index (χ1n) is 5.94. The molecule has 2 heterocycles. The smallest absolute Gasteiger partial charge is 0.0753 e. The van der Waals surface area contributed by atoms with Crippen LogP contribution in [-0.4, -0.2) is 12.0 Å². The number of nitrogens with zero attached hydrogens (tertiary/aromatic N) is 1. The van der Waals surface area contributed by atoms with Crippen molar-refractivity contribution in [3.05, 3.63) is 64.5 Å². The average molecular weight is 254 g/mol. The molecule has 0 saturated carbocycles. The van der Waals surface area contributed by atoms with E-state index in [1.165, 1.54) is 15.8 Å². The third-order valence-electron chi connectivity index (χ3n) is 3.09. The van der Waals surface area contributed by atoms with Crippen molar-refractivity contribution in [2.75, 3.05) is 7.05 Å². The molecule has 90 valence electrons. The number of rotatable bonds is 3. The lowest BCUT2D eigenvalue weighted by Crippen LogP contribution is -2.17. The summed E-state index contributed by atoms with van der Waals surface area (Å²) in [7, 11) is 1.99. The second-order valence-corrected chi connectivity index (χ2v) is 5.14. The highest BCUT2D eigenvalue weighted by atomic mass is 32.1. The first-order valence-corrected chi connectivity index (χ1v) is 6.82. The fourth-order valence-corrected chi connectivity index (χ4v) is 3.12. The lowest BCUT2D eigenvalue weighted by atomic mass is 10.0. The van der Waals surface area contributed by atoms with E-state index in [9.17, 15) is 0 Å². The SMILES string of the molecule is CNC(c1cccs1)c1cccc2cccnc12. The highest BCUT2D eigenvalue weighted by Gasteiger charge is 2.15. The summed E-state index contributed by atoms with van der Waals surface area (Å²) in [5.74, 6) is 0. The fourth-order valence-electron chi connectivity index (χ4n) is 2.27. The van der Waals surface area contributed by atoms with E-state index >= 15 is 0 Å². The predicted octanol–water partition coefficient (Wildman–Crippen LogP) is 3.61. The Morgan fingerprint density at radius 2 is 2.00 bits per heavy atom. The van der Waals surface area contributed by atoms with E-state index in [-0.39, 0.29) is 6.04 Å². The van der Waals surface area contributed by atoms with Gasteiger partial charge in [-0.15, -0.1) is 11.3 Å². The van der Waals surface area contributed by atoms with Crippen molar-refractivity contribution < 1.29 is 0 Å². The molecule has 2 nitrogen and oxygen atoms in total. The summed E-state index contributed by atoms with van der Waals surface area (Å²) in [6.45, 7) is 0. The molecule has 0 fully saturated rings. The number of aromatic nitrogens is 1. The Hall–Kier alpha value is -1.71. The van der Waals surface area contributed by atoms with E-state index in [0.717, 1.165) is 5.52 Å². The zero-order chi connectivity index (χ0) is 12.4. The molecule has 0 aliphatic heterocycles. The maximum Gasteiger partial charge on any atom is 0.0753 e. The third kappa shape index (κ3) is 1.92. The lowest BCUT2D eigenvalue weighted by molar-refractivity contribution is 0.707. The molecule has 3 heteroatoms. The van der Waals surface area contributed by atoms with Crippen LogP contribution in [0.5, 0.6) is 0 Å². The minimum atomic E-state index is 0.212. The van der Waals surface area contributed by atoms with Gasteiger partial charge in [-0.1, -0.05) is 30.3 Å². The standard InChI is InChI=1S/C15H14N2S/c1-16-15(13-8-4-10-18-13)12-7-2-5-11-6-3-9-17-14(11)12/h2-10,15-16H,1H3. The first kappa shape index (κ1) is 11.4. The third-order valence-corrected chi connectivity index (χ3v) is 4.03. The molecule has 0 spiro atoms. The van der Waals surface area contributed by atoms with Crippen molar-refractivity contribution >= 4 is 22.2 Å². The van der Waals surface area contributed by atoms with Crippen molar-refractivity contribution in [1.29, 1.82) is 0 Å². The van der Waals surface area contributed by atoms with Gasteiger partial charge in [0.2, 0.25) is 0 Å². The van der Waals surface area contributed by atoms with Crippen LogP contribution in [0.25, 0.3) is 10.9 Å². The number of fused-ring (bicyclic) bond motifs is 1. The molecule has 1 N–H and O–H groups in total.